The lowest BCUT2D eigenvalue weighted by atomic mass is 10.2. The first kappa shape index (κ1) is 13.7. The molecule has 19 heavy (non-hydrogen) atoms. The molecule has 1 heterocycles. The number of hydrogen-bond acceptors (Lipinski definition) is 3. The number of hydrogen-bond donors (Lipinski definition) is 1. The highest BCUT2D eigenvalue weighted by Gasteiger charge is 2.19. The van der Waals surface area contributed by atoms with Gasteiger partial charge in [-0.05, 0) is 46.6 Å². The van der Waals surface area contributed by atoms with Gasteiger partial charge in [-0.1, -0.05) is 12.1 Å². The van der Waals surface area contributed by atoms with Gasteiger partial charge in [-0.25, -0.2) is 0 Å². The van der Waals surface area contributed by atoms with Crippen LogP contribution in [0.2, 0.25) is 0 Å². The fourth-order valence-corrected chi connectivity index (χ4v) is 2.27. The van der Waals surface area contributed by atoms with Crippen molar-refractivity contribution < 1.29 is 9.21 Å². The lowest BCUT2D eigenvalue weighted by molar-refractivity contribution is 0.0750. The van der Waals surface area contributed by atoms with Gasteiger partial charge in [0.25, 0.3) is 5.91 Å². The van der Waals surface area contributed by atoms with E-state index in [2.05, 4.69) is 15.9 Å². The maximum absolute atomic E-state index is 12.4. The van der Waals surface area contributed by atoms with Gasteiger partial charge in [0.1, 0.15) is 0 Å². The molecule has 1 amide bonds. The third-order valence-corrected chi connectivity index (χ3v) is 3.46. The molecule has 2 rings (SSSR count). The maximum Gasteiger partial charge on any atom is 0.258 e. The minimum atomic E-state index is -0.0643. The Morgan fingerprint density at radius 1 is 1.42 bits per heavy atom. The molecule has 2 aromatic rings. The number of nitrogens with two attached hydrogens (primary N) is 1. The van der Waals surface area contributed by atoms with Gasteiger partial charge in [0.15, 0.2) is 4.67 Å². The summed E-state index contributed by atoms with van der Waals surface area (Å²) in [6, 6.07) is 9.20. The minimum absolute atomic E-state index is 0.0643. The number of amides is 1. The zero-order valence-corrected chi connectivity index (χ0v) is 12.2. The zero-order chi connectivity index (χ0) is 13.8. The average Bonchev–Trinajstić information content (AvgIpc) is 2.81. The molecular weight excluding hydrogens is 308 g/mol. The van der Waals surface area contributed by atoms with Crippen molar-refractivity contribution in [1.29, 1.82) is 0 Å². The molecule has 0 saturated heterocycles. The fourth-order valence-electron chi connectivity index (χ4n) is 1.86. The Morgan fingerprint density at radius 2 is 2.21 bits per heavy atom. The molecule has 0 bridgehead atoms. The van der Waals surface area contributed by atoms with E-state index >= 15 is 0 Å². The molecular formula is C14H15BrN2O2. The second-order valence-electron chi connectivity index (χ2n) is 4.17. The normalized spacial score (nSPS) is 10.4. The Bertz CT molecular complexity index is 580. The quantitative estimate of drug-likeness (QED) is 0.879. The first-order valence-corrected chi connectivity index (χ1v) is 6.77. The molecule has 4 nitrogen and oxygen atoms in total. The van der Waals surface area contributed by atoms with Crippen LogP contribution in [-0.2, 0) is 6.54 Å². The number of carbonyl (C=O) groups is 1. The molecule has 0 unspecified atom stereocenters. The zero-order valence-electron chi connectivity index (χ0n) is 10.6. The van der Waals surface area contributed by atoms with Gasteiger partial charge in [0, 0.05) is 18.8 Å². The maximum atomic E-state index is 12.4. The van der Waals surface area contributed by atoms with Crippen molar-refractivity contribution in [2.75, 3.05) is 12.3 Å². The summed E-state index contributed by atoms with van der Waals surface area (Å²) in [5, 5.41) is 0. The van der Waals surface area contributed by atoms with Crippen LogP contribution in [0, 0.1) is 0 Å². The van der Waals surface area contributed by atoms with Crippen LogP contribution < -0.4 is 5.73 Å². The Hall–Kier alpha value is -1.75. The van der Waals surface area contributed by atoms with Crippen LogP contribution >= 0.6 is 15.9 Å². The topological polar surface area (TPSA) is 59.5 Å². The highest BCUT2D eigenvalue weighted by atomic mass is 79.9. The fraction of sp³-hybridized carbons (Fsp3) is 0.214. The highest BCUT2D eigenvalue weighted by Crippen LogP contribution is 2.20. The molecule has 0 atom stereocenters. The van der Waals surface area contributed by atoms with E-state index in [0.29, 0.717) is 29.0 Å². The van der Waals surface area contributed by atoms with Gasteiger partial charge in [0.2, 0.25) is 0 Å². The van der Waals surface area contributed by atoms with E-state index in [9.17, 15) is 4.79 Å². The van der Waals surface area contributed by atoms with E-state index in [1.165, 1.54) is 6.26 Å². The number of carbonyl (C=O) groups excluding carboxylic acids is 1. The summed E-state index contributed by atoms with van der Waals surface area (Å²) < 4.78 is 5.56. The third kappa shape index (κ3) is 3.17. The first-order chi connectivity index (χ1) is 9.11. The highest BCUT2D eigenvalue weighted by molar-refractivity contribution is 9.10. The van der Waals surface area contributed by atoms with Crippen LogP contribution in [0.25, 0.3) is 0 Å². The number of furan rings is 1. The van der Waals surface area contributed by atoms with E-state index in [1.807, 2.05) is 31.2 Å². The summed E-state index contributed by atoms with van der Waals surface area (Å²) in [6.07, 6.45) is 1.49. The van der Waals surface area contributed by atoms with Crippen LogP contribution in [0.3, 0.4) is 0 Å². The van der Waals surface area contributed by atoms with E-state index < -0.39 is 0 Å². The Labute approximate surface area is 120 Å². The third-order valence-electron chi connectivity index (χ3n) is 2.84. The van der Waals surface area contributed by atoms with E-state index in [4.69, 9.17) is 10.2 Å². The van der Waals surface area contributed by atoms with Crippen molar-refractivity contribution in [2.24, 2.45) is 0 Å². The molecule has 1 aromatic carbocycles. The van der Waals surface area contributed by atoms with Gasteiger partial charge in [-0.2, -0.15) is 0 Å². The van der Waals surface area contributed by atoms with Gasteiger partial charge in [-0.15, -0.1) is 0 Å². The molecule has 5 heteroatoms. The van der Waals surface area contributed by atoms with Crippen LogP contribution in [0.4, 0.5) is 5.69 Å². The summed E-state index contributed by atoms with van der Waals surface area (Å²) in [4.78, 5) is 14.1. The van der Waals surface area contributed by atoms with Gasteiger partial charge in [-0.3, -0.25) is 4.79 Å². The SMILES string of the molecule is CCN(Cc1cccc(N)c1)C(=O)c1ccoc1Br. The largest absolute Gasteiger partial charge is 0.457 e. The minimum Gasteiger partial charge on any atom is -0.457 e. The monoisotopic (exact) mass is 322 g/mol. The van der Waals surface area contributed by atoms with E-state index in [0.717, 1.165) is 5.56 Å². The second kappa shape index (κ2) is 5.93. The number of benzene rings is 1. The predicted molar refractivity (Wildman–Crippen MR) is 77.7 cm³/mol. The van der Waals surface area contributed by atoms with Gasteiger partial charge in [0.05, 0.1) is 11.8 Å². The Kier molecular flexibility index (Phi) is 4.27. The van der Waals surface area contributed by atoms with Crippen molar-refractivity contribution in [2.45, 2.75) is 13.5 Å². The molecule has 0 fully saturated rings. The van der Waals surface area contributed by atoms with Crippen molar-refractivity contribution in [3.8, 4) is 0 Å². The summed E-state index contributed by atoms with van der Waals surface area (Å²) in [7, 11) is 0. The van der Waals surface area contributed by atoms with Gasteiger partial charge < -0.3 is 15.1 Å². The van der Waals surface area contributed by atoms with E-state index in [1.54, 1.807) is 11.0 Å². The first-order valence-electron chi connectivity index (χ1n) is 5.98. The Morgan fingerprint density at radius 3 is 2.79 bits per heavy atom. The molecule has 2 N–H and O–H groups in total. The number of rotatable bonds is 4. The van der Waals surface area contributed by atoms with Crippen LogP contribution in [-0.4, -0.2) is 17.4 Å². The predicted octanol–water partition coefficient (Wildman–Crippen LogP) is 3.29. The molecule has 1 aromatic heterocycles. The van der Waals surface area contributed by atoms with Crippen molar-refractivity contribution >= 4 is 27.5 Å². The van der Waals surface area contributed by atoms with Crippen LogP contribution in [0.5, 0.6) is 0 Å². The summed E-state index contributed by atoms with van der Waals surface area (Å²) >= 11 is 3.23. The molecule has 0 saturated carbocycles. The number of nitrogen functional groups attached to an aromatic ring is 1. The average molecular weight is 323 g/mol. The number of anilines is 1. The summed E-state index contributed by atoms with van der Waals surface area (Å²) in [5.74, 6) is -0.0643. The smallest absolute Gasteiger partial charge is 0.258 e. The van der Waals surface area contributed by atoms with Crippen LogP contribution in [0.15, 0.2) is 45.7 Å². The van der Waals surface area contributed by atoms with E-state index in [-0.39, 0.29) is 5.91 Å². The number of nitrogens with zero attached hydrogens (tertiary/aromatic N) is 1. The lowest BCUT2D eigenvalue weighted by Gasteiger charge is -2.20. The van der Waals surface area contributed by atoms with Crippen molar-refractivity contribution in [1.82, 2.24) is 4.90 Å². The van der Waals surface area contributed by atoms with Gasteiger partial charge >= 0.3 is 0 Å². The molecule has 0 aliphatic carbocycles. The Balaban J connectivity index is 2.17. The molecule has 100 valence electrons. The summed E-state index contributed by atoms with van der Waals surface area (Å²) in [5.41, 5.74) is 7.99. The van der Waals surface area contributed by atoms with Crippen LogP contribution in [0.1, 0.15) is 22.8 Å². The summed E-state index contributed by atoms with van der Waals surface area (Å²) in [6.45, 7) is 3.08. The molecule has 0 aliphatic heterocycles. The molecule has 0 radical (unpaired) electrons. The standard InChI is InChI=1S/C14H15BrN2O2/c1-2-17(9-10-4-3-5-11(16)8-10)14(18)12-6-7-19-13(12)15/h3-8H,2,9,16H2,1H3. The second-order valence-corrected chi connectivity index (χ2v) is 4.89. The van der Waals surface area contributed by atoms with Crippen molar-refractivity contribution in [3.63, 3.8) is 0 Å². The van der Waals surface area contributed by atoms with Crippen molar-refractivity contribution in [3.05, 3.63) is 52.4 Å². The lowest BCUT2D eigenvalue weighted by Crippen LogP contribution is -2.30. The molecule has 0 spiro atoms. The molecule has 0 aliphatic rings. The number of halogens is 1.